The van der Waals surface area contributed by atoms with E-state index in [0.717, 1.165) is 5.92 Å². The van der Waals surface area contributed by atoms with Crippen LogP contribution < -0.4 is 0 Å². The van der Waals surface area contributed by atoms with Gasteiger partial charge in [-0.25, -0.2) is 0 Å². The van der Waals surface area contributed by atoms with Gasteiger partial charge in [0.1, 0.15) is 0 Å². The van der Waals surface area contributed by atoms with Crippen LogP contribution in [0.25, 0.3) is 0 Å². The third kappa shape index (κ3) is 12.5. The van der Waals surface area contributed by atoms with E-state index in [2.05, 4.69) is 78.8 Å². The van der Waals surface area contributed by atoms with Crippen LogP contribution in [0, 0.1) is 16.7 Å². The summed E-state index contributed by atoms with van der Waals surface area (Å²) in [7, 11) is 0. The van der Waals surface area contributed by atoms with Crippen molar-refractivity contribution in [2.75, 3.05) is 0 Å². The molecule has 170 valence electrons. The summed E-state index contributed by atoms with van der Waals surface area (Å²) in [6.07, 6.45) is 13.8. The molecule has 0 aliphatic rings. The topological polar surface area (TPSA) is 0 Å². The van der Waals surface area contributed by atoms with Crippen LogP contribution in [0.15, 0.2) is 30.3 Å². The van der Waals surface area contributed by atoms with Crippen molar-refractivity contribution < 1.29 is 0 Å². The highest BCUT2D eigenvalue weighted by molar-refractivity contribution is 5.21. The fourth-order valence-corrected chi connectivity index (χ4v) is 4.31. The molecular weight excluding hydrogens is 348 g/mol. The maximum atomic E-state index is 2.50. The van der Waals surface area contributed by atoms with Crippen LogP contribution in [0.1, 0.15) is 138 Å². The Balaban J connectivity index is 0.00000379. The summed E-state index contributed by atoms with van der Waals surface area (Å²) in [6.45, 7) is 20.9. The lowest BCUT2D eigenvalue weighted by Crippen LogP contribution is -2.24. The number of benzene rings is 1. The summed E-state index contributed by atoms with van der Waals surface area (Å²) in [5, 5.41) is 0. The van der Waals surface area contributed by atoms with Crippen LogP contribution in [0.3, 0.4) is 0 Å². The van der Waals surface area contributed by atoms with Gasteiger partial charge >= 0.3 is 0 Å². The minimum atomic E-state index is 0.386. The van der Waals surface area contributed by atoms with Crippen molar-refractivity contribution >= 4 is 0 Å². The first-order valence-corrected chi connectivity index (χ1v) is 12.7. The van der Waals surface area contributed by atoms with Gasteiger partial charge in [-0.1, -0.05) is 138 Å². The van der Waals surface area contributed by atoms with Crippen molar-refractivity contribution in [3.8, 4) is 0 Å². The molecule has 29 heavy (non-hydrogen) atoms. The van der Waals surface area contributed by atoms with Crippen molar-refractivity contribution in [3.63, 3.8) is 0 Å². The number of hydrogen-bond acceptors (Lipinski definition) is 0. The molecule has 0 heterocycles. The van der Waals surface area contributed by atoms with E-state index >= 15 is 0 Å². The fraction of sp³-hybridized carbons (Fsp3) is 0.793. The highest BCUT2D eigenvalue weighted by atomic mass is 14.3. The van der Waals surface area contributed by atoms with E-state index in [1.807, 2.05) is 13.8 Å². The lowest BCUT2D eigenvalue weighted by atomic mass is 9.68. The molecule has 0 amide bonds. The molecule has 0 fully saturated rings. The van der Waals surface area contributed by atoms with Gasteiger partial charge in [-0.3, -0.25) is 0 Å². The second kappa shape index (κ2) is 15.1. The monoisotopic (exact) mass is 402 g/mol. The van der Waals surface area contributed by atoms with Gasteiger partial charge in [-0.2, -0.15) is 0 Å². The Bertz CT molecular complexity index is 480. The van der Waals surface area contributed by atoms with Gasteiger partial charge in [0.15, 0.2) is 0 Å². The van der Waals surface area contributed by atoms with Gasteiger partial charge in [0, 0.05) is 0 Å². The molecule has 0 heteroatoms. The molecule has 1 atom stereocenters. The van der Waals surface area contributed by atoms with Gasteiger partial charge < -0.3 is 0 Å². The van der Waals surface area contributed by atoms with Crippen molar-refractivity contribution in [3.05, 3.63) is 35.9 Å². The molecule has 1 unspecified atom stereocenters. The van der Waals surface area contributed by atoms with Crippen LogP contribution in [0.2, 0.25) is 0 Å². The van der Waals surface area contributed by atoms with E-state index in [9.17, 15) is 0 Å². The standard InChI is InChI=1S/C27H48.C2H6/c1-8-26(4,5)20-16-11-9-10-12-17-21-27(6,7)25(22-23(2)3)24-18-14-13-15-19-24;1-2/h13-15,18-19,23,25H,8-12,16-17,20-22H2,1-7H3;1-2H3. The lowest BCUT2D eigenvalue weighted by molar-refractivity contribution is 0.224. The van der Waals surface area contributed by atoms with Crippen LogP contribution >= 0.6 is 0 Å². The Labute approximate surface area is 185 Å². The molecule has 1 aromatic carbocycles. The fourth-order valence-electron chi connectivity index (χ4n) is 4.31. The first kappa shape index (κ1) is 28.2. The maximum absolute atomic E-state index is 2.50. The predicted octanol–water partition coefficient (Wildman–Crippen LogP) is 10.4. The van der Waals surface area contributed by atoms with Crippen LogP contribution in [-0.4, -0.2) is 0 Å². The zero-order chi connectivity index (χ0) is 22.3. The van der Waals surface area contributed by atoms with E-state index in [-0.39, 0.29) is 0 Å². The van der Waals surface area contributed by atoms with Crippen molar-refractivity contribution in [1.82, 2.24) is 0 Å². The average Bonchev–Trinajstić information content (AvgIpc) is 2.70. The lowest BCUT2D eigenvalue weighted by Gasteiger charge is -2.36. The summed E-state index contributed by atoms with van der Waals surface area (Å²) in [6, 6.07) is 11.2. The second-order valence-corrected chi connectivity index (χ2v) is 10.7. The van der Waals surface area contributed by atoms with E-state index in [4.69, 9.17) is 0 Å². The van der Waals surface area contributed by atoms with Gasteiger partial charge in [0.25, 0.3) is 0 Å². The zero-order valence-corrected chi connectivity index (χ0v) is 21.6. The Kier molecular flexibility index (Phi) is 14.7. The Morgan fingerprint density at radius 3 is 1.69 bits per heavy atom. The van der Waals surface area contributed by atoms with E-state index in [1.54, 1.807) is 0 Å². The summed E-state index contributed by atoms with van der Waals surface area (Å²) in [5.74, 6) is 1.43. The maximum Gasteiger partial charge on any atom is -0.0108 e. The highest BCUT2D eigenvalue weighted by Crippen LogP contribution is 2.43. The minimum absolute atomic E-state index is 0.386. The van der Waals surface area contributed by atoms with Gasteiger partial charge in [-0.15, -0.1) is 0 Å². The van der Waals surface area contributed by atoms with Crippen LogP contribution in [-0.2, 0) is 0 Å². The SMILES string of the molecule is CC.CCC(C)(C)CCCCCCCCC(C)(C)C(CC(C)C)c1ccccc1. The minimum Gasteiger partial charge on any atom is -0.0683 e. The molecule has 0 bridgehead atoms. The highest BCUT2D eigenvalue weighted by Gasteiger charge is 2.30. The van der Waals surface area contributed by atoms with Crippen LogP contribution in [0.4, 0.5) is 0 Å². The van der Waals surface area contributed by atoms with Crippen molar-refractivity contribution in [1.29, 1.82) is 0 Å². The first-order chi connectivity index (χ1) is 13.7. The molecule has 0 radical (unpaired) electrons. The van der Waals surface area contributed by atoms with Gasteiger partial charge in [0.05, 0.1) is 0 Å². The summed E-state index contributed by atoms with van der Waals surface area (Å²) >= 11 is 0. The van der Waals surface area contributed by atoms with E-state index in [1.165, 1.54) is 69.8 Å². The molecule has 0 aliphatic heterocycles. The third-order valence-electron chi connectivity index (χ3n) is 6.73. The predicted molar refractivity (Wildman–Crippen MR) is 135 cm³/mol. The molecule has 0 spiro atoms. The molecule has 1 aromatic rings. The molecular formula is C29H54. The smallest absolute Gasteiger partial charge is 0.0108 e. The number of hydrogen-bond donors (Lipinski definition) is 0. The van der Waals surface area contributed by atoms with Crippen molar-refractivity contribution in [2.45, 2.75) is 132 Å². The molecule has 0 saturated heterocycles. The average molecular weight is 403 g/mol. The van der Waals surface area contributed by atoms with Gasteiger partial charge in [-0.05, 0) is 47.5 Å². The summed E-state index contributed by atoms with van der Waals surface area (Å²) < 4.78 is 0. The molecule has 1 rings (SSSR count). The normalized spacial score (nSPS) is 13.2. The second-order valence-electron chi connectivity index (χ2n) is 10.7. The van der Waals surface area contributed by atoms with E-state index < -0.39 is 0 Å². The number of unbranched alkanes of at least 4 members (excludes halogenated alkanes) is 5. The quantitative estimate of drug-likeness (QED) is 0.271. The molecule has 0 aliphatic carbocycles. The third-order valence-corrected chi connectivity index (χ3v) is 6.73. The Morgan fingerprint density at radius 2 is 1.21 bits per heavy atom. The molecule has 0 nitrogen and oxygen atoms in total. The largest absolute Gasteiger partial charge is 0.0683 e. The van der Waals surface area contributed by atoms with Gasteiger partial charge in [0.2, 0.25) is 0 Å². The first-order valence-electron chi connectivity index (χ1n) is 12.7. The van der Waals surface area contributed by atoms with Crippen molar-refractivity contribution in [2.24, 2.45) is 16.7 Å². The molecule has 0 saturated carbocycles. The Morgan fingerprint density at radius 1 is 0.724 bits per heavy atom. The summed E-state index contributed by atoms with van der Waals surface area (Å²) in [4.78, 5) is 0. The molecule has 0 aromatic heterocycles. The molecule has 0 N–H and O–H groups in total. The van der Waals surface area contributed by atoms with Crippen LogP contribution in [0.5, 0.6) is 0 Å². The zero-order valence-electron chi connectivity index (χ0n) is 21.6. The number of rotatable bonds is 14. The Hall–Kier alpha value is -0.780. The van der Waals surface area contributed by atoms with E-state index in [0.29, 0.717) is 16.7 Å². The summed E-state index contributed by atoms with van der Waals surface area (Å²) in [5.41, 5.74) is 2.47.